The largest absolute Gasteiger partial charge is 0.493 e. The van der Waals surface area contributed by atoms with E-state index < -0.39 is 0 Å². The first-order valence-electron chi connectivity index (χ1n) is 9.09. The van der Waals surface area contributed by atoms with E-state index in [0.29, 0.717) is 17.9 Å². The van der Waals surface area contributed by atoms with Gasteiger partial charge in [-0.25, -0.2) is 4.68 Å². The molecular weight excluding hydrogens is 352 g/mol. The van der Waals surface area contributed by atoms with Crippen LogP contribution in [0, 0.1) is 11.3 Å². The maximum atomic E-state index is 13.3. The van der Waals surface area contributed by atoms with Crippen molar-refractivity contribution in [1.82, 2.24) is 14.7 Å². The van der Waals surface area contributed by atoms with Gasteiger partial charge in [0.2, 0.25) is 0 Å². The zero-order chi connectivity index (χ0) is 20.1. The second-order valence-corrected chi connectivity index (χ2v) is 6.33. The molecule has 0 spiro atoms. The van der Waals surface area contributed by atoms with Gasteiger partial charge in [0.15, 0.2) is 11.4 Å². The lowest BCUT2D eigenvalue weighted by Crippen LogP contribution is -2.34. The quantitative estimate of drug-likeness (QED) is 0.654. The Morgan fingerprint density at radius 1 is 1.21 bits per heavy atom. The molecule has 0 aliphatic heterocycles. The topological polar surface area (TPSA) is 71.2 Å². The normalized spacial score (nSPS) is 11.5. The lowest BCUT2D eigenvalue weighted by molar-refractivity contribution is 0.0692. The highest BCUT2D eigenvalue weighted by Crippen LogP contribution is 2.26. The van der Waals surface area contributed by atoms with E-state index in [2.05, 4.69) is 11.2 Å². The van der Waals surface area contributed by atoms with Gasteiger partial charge in [0.25, 0.3) is 5.91 Å². The molecule has 0 radical (unpaired) electrons. The summed E-state index contributed by atoms with van der Waals surface area (Å²) in [5, 5.41) is 13.5. The molecule has 0 saturated heterocycles. The minimum absolute atomic E-state index is 0.170. The number of hydrogen-bond acceptors (Lipinski definition) is 4. The smallest absolute Gasteiger partial charge is 0.278 e. The average Bonchev–Trinajstić information content (AvgIpc) is 3.19. The van der Waals surface area contributed by atoms with Crippen LogP contribution < -0.4 is 4.74 Å². The van der Waals surface area contributed by atoms with Gasteiger partial charge in [-0.2, -0.15) is 10.4 Å². The Hall–Kier alpha value is -3.59. The molecule has 1 heterocycles. The highest BCUT2D eigenvalue weighted by molar-refractivity contribution is 5.95. The Bertz CT molecular complexity index is 988. The van der Waals surface area contributed by atoms with Crippen LogP contribution in [0.15, 0.2) is 60.8 Å². The van der Waals surface area contributed by atoms with Gasteiger partial charge in [-0.3, -0.25) is 4.79 Å². The first kappa shape index (κ1) is 19.2. The van der Waals surface area contributed by atoms with Crippen molar-refractivity contribution in [2.24, 2.45) is 0 Å². The number of para-hydroxylation sites is 1. The van der Waals surface area contributed by atoms with E-state index in [1.165, 1.54) is 7.11 Å². The van der Waals surface area contributed by atoms with E-state index in [1.54, 1.807) is 27.9 Å². The lowest BCUT2D eigenvalue weighted by atomic mass is 10.0. The molecule has 2 aromatic carbocycles. The van der Waals surface area contributed by atoms with Gasteiger partial charge >= 0.3 is 0 Å². The number of carbonyl (C=O) groups is 1. The summed E-state index contributed by atoms with van der Waals surface area (Å²) in [7, 11) is 1.53. The van der Waals surface area contributed by atoms with Crippen LogP contribution in [-0.2, 0) is 0 Å². The fraction of sp³-hybridized carbons (Fsp3) is 0.227. The number of benzene rings is 2. The molecular formula is C22H22N4O2. The molecule has 0 aliphatic carbocycles. The van der Waals surface area contributed by atoms with Gasteiger partial charge in [-0.1, -0.05) is 30.3 Å². The highest BCUT2D eigenvalue weighted by atomic mass is 16.5. The van der Waals surface area contributed by atoms with Crippen molar-refractivity contribution in [2.45, 2.75) is 19.9 Å². The van der Waals surface area contributed by atoms with Gasteiger partial charge in [0.05, 0.1) is 36.7 Å². The van der Waals surface area contributed by atoms with Crippen LogP contribution in [0.4, 0.5) is 0 Å². The monoisotopic (exact) mass is 374 g/mol. The fourth-order valence-corrected chi connectivity index (χ4v) is 3.11. The zero-order valence-corrected chi connectivity index (χ0v) is 16.2. The van der Waals surface area contributed by atoms with Gasteiger partial charge < -0.3 is 9.64 Å². The molecule has 28 heavy (non-hydrogen) atoms. The third kappa shape index (κ3) is 3.74. The Labute approximate surface area is 164 Å². The van der Waals surface area contributed by atoms with E-state index in [1.807, 2.05) is 56.3 Å². The number of hydrogen-bond donors (Lipinski definition) is 0. The fourth-order valence-electron chi connectivity index (χ4n) is 3.11. The third-order valence-corrected chi connectivity index (χ3v) is 4.72. The molecule has 0 saturated carbocycles. The molecule has 0 N–H and O–H groups in total. The Balaban J connectivity index is 1.92. The van der Waals surface area contributed by atoms with Crippen LogP contribution in [0.3, 0.4) is 0 Å². The van der Waals surface area contributed by atoms with Crippen LogP contribution in [0.5, 0.6) is 5.75 Å². The molecule has 1 amide bonds. The summed E-state index contributed by atoms with van der Waals surface area (Å²) < 4.78 is 7.06. The summed E-state index contributed by atoms with van der Waals surface area (Å²) in [5.74, 6) is 0.227. The molecule has 142 valence electrons. The summed E-state index contributed by atoms with van der Waals surface area (Å²) in [6, 6.07) is 18.8. The Morgan fingerprint density at radius 3 is 2.46 bits per heavy atom. The van der Waals surface area contributed by atoms with Crippen molar-refractivity contribution in [2.75, 3.05) is 13.7 Å². The second-order valence-electron chi connectivity index (χ2n) is 6.33. The number of nitriles is 1. The van der Waals surface area contributed by atoms with Crippen molar-refractivity contribution in [3.05, 3.63) is 77.6 Å². The van der Waals surface area contributed by atoms with E-state index in [9.17, 15) is 4.79 Å². The summed E-state index contributed by atoms with van der Waals surface area (Å²) in [6.07, 6.45) is 1.71. The van der Waals surface area contributed by atoms with Crippen molar-refractivity contribution < 1.29 is 9.53 Å². The summed E-state index contributed by atoms with van der Waals surface area (Å²) in [5.41, 5.74) is 2.67. The van der Waals surface area contributed by atoms with Crippen LogP contribution in [0.2, 0.25) is 0 Å². The summed E-state index contributed by atoms with van der Waals surface area (Å²) in [4.78, 5) is 15.0. The van der Waals surface area contributed by atoms with E-state index in [4.69, 9.17) is 10.00 Å². The molecule has 0 bridgehead atoms. The van der Waals surface area contributed by atoms with Crippen molar-refractivity contribution in [3.8, 4) is 17.5 Å². The van der Waals surface area contributed by atoms with Gasteiger partial charge in [0.1, 0.15) is 0 Å². The van der Waals surface area contributed by atoms with Crippen LogP contribution in [-0.4, -0.2) is 34.2 Å². The molecule has 0 fully saturated rings. The number of carbonyl (C=O) groups excluding carboxylic acids is 1. The van der Waals surface area contributed by atoms with Gasteiger partial charge in [-0.15, -0.1) is 0 Å². The highest BCUT2D eigenvalue weighted by Gasteiger charge is 2.27. The van der Waals surface area contributed by atoms with Crippen molar-refractivity contribution in [1.29, 1.82) is 5.26 Å². The number of amides is 1. The number of methoxy groups -OCH3 is 1. The zero-order valence-electron chi connectivity index (χ0n) is 16.2. The summed E-state index contributed by atoms with van der Waals surface area (Å²) >= 11 is 0. The maximum absolute atomic E-state index is 13.3. The minimum atomic E-state index is -0.203. The molecule has 6 nitrogen and oxygen atoms in total. The maximum Gasteiger partial charge on any atom is 0.278 e. The van der Waals surface area contributed by atoms with E-state index >= 15 is 0 Å². The predicted octanol–water partition coefficient (Wildman–Crippen LogP) is 3.98. The number of rotatable bonds is 6. The number of ether oxygens (including phenoxy) is 1. The average molecular weight is 374 g/mol. The number of aromatic nitrogens is 2. The minimum Gasteiger partial charge on any atom is -0.493 e. The molecule has 6 heteroatoms. The molecule has 0 aliphatic rings. The molecule has 1 aromatic heterocycles. The van der Waals surface area contributed by atoms with Crippen molar-refractivity contribution in [3.63, 3.8) is 0 Å². The third-order valence-electron chi connectivity index (χ3n) is 4.72. The SMILES string of the molecule is CCN(C(=O)c1nn(-c2ccccc2)cc1OC)C(C)c1ccc(C#N)cc1. The van der Waals surface area contributed by atoms with Gasteiger partial charge in [0, 0.05) is 6.54 Å². The Kier molecular flexibility index (Phi) is 5.75. The van der Waals surface area contributed by atoms with Gasteiger partial charge in [-0.05, 0) is 43.7 Å². The first-order chi connectivity index (χ1) is 13.6. The van der Waals surface area contributed by atoms with E-state index in [-0.39, 0.29) is 17.6 Å². The van der Waals surface area contributed by atoms with Crippen molar-refractivity contribution >= 4 is 5.91 Å². The Morgan fingerprint density at radius 2 is 1.89 bits per heavy atom. The number of nitrogens with zero attached hydrogens (tertiary/aromatic N) is 4. The molecule has 1 atom stereocenters. The van der Waals surface area contributed by atoms with E-state index in [0.717, 1.165) is 11.3 Å². The van der Waals surface area contributed by atoms with Crippen LogP contribution >= 0.6 is 0 Å². The second kappa shape index (κ2) is 8.40. The molecule has 3 rings (SSSR count). The first-order valence-corrected chi connectivity index (χ1v) is 9.09. The lowest BCUT2D eigenvalue weighted by Gasteiger charge is -2.28. The molecule has 3 aromatic rings. The standard InChI is InChI=1S/C22H22N4O2/c1-4-25(16(2)18-12-10-17(14-23)11-13-18)22(27)21-20(28-3)15-26(24-21)19-8-6-5-7-9-19/h5-13,15-16H,4H2,1-3H3. The van der Waals surface area contributed by atoms with Crippen LogP contribution in [0.1, 0.15) is 41.5 Å². The molecule has 1 unspecified atom stereocenters. The predicted molar refractivity (Wildman–Crippen MR) is 106 cm³/mol. The summed E-state index contributed by atoms with van der Waals surface area (Å²) in [6.45, 7) is 4.41. The van der Waals surface area contributed by atoms with Crippen LogP contribution in [0.25, 0.3) is 5.69 Å².